The summed E-state index contributed by atoms with van der Waals surface area (Å²) in [6.07, 6.45) is 6.60. The Kier molecular flexibility index (Phi) is 7.40. The molecule has 2 N–H and O–H groups in total. The zero-order chi connectivity index (χ0) is 16.1. The summed E-state index contributed by atoms with van der Waals surface area (Å²) in [6.45, 7) is 6.50. The first-order valence-electron chi connectivity index (χ1n) is 8.13. The highest BCUT2D eigenvalue weighted by Crippen LogP contribution is 2.14. The van der Waals surface area contributed by atoms with E-state index in [1.807, 2.05) is 10.9 Å². The van der Waals surface area contributed by atoms with Gasteiger partial charge in [-0.3, -0.25) is 0 Å². The second kappa shape index (κ2) is 9.30. The molecule has 24 heavy (non-hydrogen) atoms. The third-order valence-electron chi connectivity index (χ3n) is 3.81. The first-order valence-corrected chi connectivity index (χ1v) is 8.95. The molecule has 0 saturated carbocycles. The predicted molar refractivity (Wildman–Crippen MR) is 107 cm³/mol. The molecule has 1 aliphatic heterocycles. The molecule has 0 aromatic carbocycles. The molecule has 0 spiro atoms. The highest BCUT2D eigenvalue weighted by atomic mass is 127. The SMILES string of the molecule is CCNC(=NCc1ncc(CC)s1)NC1CCc2ncnn2C1.I. The zero-order valence-electron chi connectivity index (χ0n) is 14.0. The summed E-state index contributed by atoms with van der Waals surface area (Å²) >= 11 is 1.73. The second-order valence-corrected chi connectivity index (χ2v) is 6.71. The van der Waals surface area contributed by atoms with Crippen molar-refractivity contribution < 1.29 is 0 Å². The minimum absolute atomic E-state index is 0. The number of fused-ring (bicyclic) bond motifs is 1. The van der Waals surface area contributed by atoms with Gasteiger partial charge in [-0.25, -0.2) is 19.6 Å². The van der Waals surface area contributed by atoms with Gasteiger partial charge in [-0.05, 0) is 19.8 Å². The monoisotopic (exact) mass is 461 g/mol. The number of aryl methyl sites for hydroxylation is 2. The Morgan fingerprint density at radius 2 is 2.29 bits per heavy atom. The number of hydrogen-bond acceptors (Lipinski definition) is 5. The third-order valence-corrected chi connectivity index (χ3v) is 4.94. The van der Waals surface area contributed by atoms with E-state index in [1.165, 1.54) is 4.88 Å². The number of guanidine groups is 1. The van der Waals surface area contributed by atoms with Crippen LogP contribution in [0.5, 0.6) is 0 Å². The number of rotatable bonds is 5. The van der Waals surface area contributed by atoms with Crippen LogP contribution in [0.2, 0.25) is 0 Å². The lowest BCUT2D eigenvalue weighted by Crippen LogP contribution is -2.47. The first kappa shape index (κ1) is 19.1. The molecule has 2 aromatic rings. The fourth-order valence-electron chi connectivity index (χ4n) is 2.60. The van der Waals surface area contributed by atoms with Crippen molar-refractivity contribution in [1.29, 1.82) is 0 Å². The number of hydrogen-bond donors (Lipinski definition) is 2. The van der Waals surface area contributed by atoms with E-state index in [-0.39, 0.29) is 24.0 Å². The van der Waals surface area contributed by atoms with Gasteiger partial charge in [0.1, 0.15) is 17.2 Å². The first-order chi connectivity index (χ1) is 11.3. The number of thiazole rings is 1. The largest absolute Gasteiger partial charge is 0.357 e. The Morgan fingerprint density at radius 3 is 3.04 bits per heavy atom. The maximum Gasteiger partial charge on any atom is 0.191 e. The van der Waals surface area contributed by atoms with Crippen LogP contribution in [-0.2, 0) is 25.9 Å². The molecule has 3 heterocycles. The van der Waals surface area contributed by atoms with Crippen LogP contribution < -0.4 is 10.6 Å². The molecule has 0 fully saturated rings. The van der Waals surface area contributed by atoms with E-state index < -0.39 is 0 Å². The summed E-state index contributed by atoms with van der Waals surface area (Å²) in [4.78, 5) is 14.7. The van der Waals surface area contributed by atoms with Gasteiger partial charge in [-0.1, -0.05) is 6.92 Å². The van der Waals surface area contributed by atoms with Gasteiger partial charge < -0.3 is 10.6 Å². The zero-order valence-corrected chi connectivity index (χ0v) is 17.2. The Labute approximate surface area is 163 Å². The Hall–Kier alpha value is -1.23. The second-order valence-electron chi connectivity index (χ2n) is 5.51. The molecule has 0 radical (unpaired) electrons. The van der Waals surface area contributed by atoms with Crippen molar-refractivity contribution in [3.63, 3.8) is 0 Å². The molecule has 7 nitrogen and oxygen atoms in total. The minimum Gasteiger partial charge on any atom is -0.357 e. The van der Waals surface area contributed by atoms with Crippen molar-refractivity contribution in [2.75, 3.05) is 6.54 Å². The lowest BCUT2D eigenvalue weighted by atomic mass is 10.1. The summed E-state index contributed by atoms with van der Waals surface area (Å²) in [6, 6.07) is 0.324. The van der Waals surface area contributed by atoms with E-state index >= 15 is 0 Å². The van der Waals surface area contributed by atoms with Crippen LogP contribution >= 0.6 is 35.3 Å². The average Bonchev–Trinajstić information content (AvgIpc) is 3.21. The van der Waals surface area contributed by atoms with Crippen molar-refractivity contribution >= 4 is 41.3 Å². The van der Waals surface area contributed by atoms with Gasteiger partial charge in [0.05, 0.1) is 13.1 Å². The fraction of sp³-hybridized carbons (Fsp3) is 0.600. The quantitative estimate of drug-likeness (QED) is 0.405. The number of aromatic nitrogens is 4. The van der Waals surface area contributed by atoms with Crippen LogP contribution in [0.4, 0.5) is 0 Å². The highest BCUT2D eigenvalue weighted by Gasteiger charge is 2.20. The highest BCUT2D eigenvalue weighted by molar-refractivity contribution is 14.0. The normalized spacial score (nSPS) is 17.1. The van der Waals surface area contributed by atoms with Gasteiger partial charge in [0.15, 0.2) is 5.96 Å². The van der Waals surface area contributed by atoms with Gasteiger partial charge in [0, 0.05) is 30.1 Å². The van der Waals surface area contributed by atoms with E-state index in [4.69, 9.17) is 0 Å². The summed E-state index contributed by atoms with van der Waals surface area (Å²) in [5.74, 6) is 1.91. The summed E-state index contributed by atoms with van der Waals surface area (Å²) in [7, 11) is 0. The van der Waals surface area contributed by atoms with Gasteiger partial charge in [-0.15, -0.1) is 35.3 Å². The van der Waals surface area contributed by atoms with E-state index in [9.17, 15) is 0 Å². The van der Waals surface area contributed by atoms with Crippen LogP contribution in [0.25, 0.3) is 0 Å². The summed E-state index contributed by atoms with van der Waals surface area (Å²) < 4.78 is 1.97. The van der Waals surface area contributed by atoms with Crippen LogP contribution in [0.15, 0.2) is 17.5 Å². The topological polar surface area (TPSA) is 80.0 Å². The van der Waals surface area contributed by atoms with Crippen LogP contribution in [-0.4, -0.2) is 38.3 Å². The van der Waals surface area contributed by atoms with E-state index in [2.05, 4.69) is 44.5 Å². The number of aliphatic imine (C=N–C) groups is 1. The van der Waals surface area contributed by atoms with E-state index in [0.29, 0.717) is 12.6 Å². The molecule has 132 valence electrons. The van der Waals surface area contributed by atoms with Gasteiger partial charge >= 0.3 is 0 Å². The standard InChI is InChI=1S/C15H23N7S.HI/c1-3-12-7-17-14(23-12)8-18-15(16-4-2)21-11-5-6-13-19-10-20-22(13)9-11;/h7,10-11H,3-6,8-9H2,1-2H3,(H2,16,18,21);1H. The Morgan fingerprint density at radius 1 is 1.42 bits per heavy atom. The van der Waals surface area contributed by atoms with Gasteiger partial charge in [0.2, 0.25) is 0 Å². The van der Waals surface area contributed by atoms with Crippen LogP contribution in [0.1, 0.15) is 36.0 Å². The smallest absolute Gasteiger partial charge is 0.191 e. The molecular weight excluding hydrogens is 437 g/mol. The third kappa shape index (κ3) is 4.88. The lowest BCUT2D eigenvalue weighted by Gasteiger charge is -2.25. The average molecular weight is 461 g/mol. The van der Waals surface area contributed by atoms with Crippen molar-refractivity contribution in [1.82, 2.24) is 30.4 Å². The van der Waals surface area contributed by atoms with Crippen molar-refractivity contribution in [2.24, 2.45) is 4.99 Å². The predicted octanol–water partition coefficient (Wildman–Crippen LogP) is 1.99. The molecule has 1 aliphatic rings. The van der Waals surface area contributed by atoms with Gasteiger partial charge in [0.25, 0.3) is 0 Å². The Balaban J connectivity index is 0.00000208. The van der Waals surface area contributed by atoms with E-state index in [0.717, 1.165) is 49.1 Å². The number of nitrogens with zero attached hydrogens (tertiary/aromatic N) is 5. The number of halogens is 1. The molecule has 1 atom stereocenters. The van der Waals surface area contributed by atoms with Gasteiger partial charge in [-0.2, -0.15) is 5.10 Å². The molecule has 1 unspecified atom stereocenters. The maximum absolute atomic E-state index is 4.67. The molecule has 0 aliphatic carbocycles. The molecule has 0 amide bonds. The molecule has 2 aromatic heterocycles. The molecule has 0 bridgehead atoms. The fourth-order valence-corrected chi connectivity index (χ4v) is 3.39. The van der Waals surface area contributed by atoms with Crippen LogP contribution in [0.3, 0.4) is 0 Å². The minimum atomic E-state index is 0. The number of nitrogens with one attached hydrogen (secondary N) is 2. The summed E-state index contributed by atoms with van der Waals surface area (Å²) in [5, 5.41) is 12.1. The van der Waals surface area contributed by atoms with Crippen molar-refractivity contribution in [3.8, 4) is 0 Å². The van der Waals surface area contributed by atoms with Crippen LogP contribution in [0, 0.1) is 0 Å². The van der Waals surface area contributed by atoms with Crippen molar-refractivity contribution in [3.05, 3.63) is 28.2 Å². The summed E-state index contributed by atoms with van der Waals surface area (Å²) in [5.41, 5.74) is 0. The molecule has 9 heteroatoms. The lowest BCUT2D eigenvalue weighted by molar-refractivity contribution is 0.392. The Bertz CT molecular complexity index is 666. The molecular formula is C15H24IN7S. The van der Waals surface area contributed by atoms with E-state index in [1.54, 1.807) is 17.7 Å². The maximum atomic E-state index is 4.67. The van der Waals surface area contributed by atoms with Crippen molar-refractivity contribution in [2.45, 2.75) is 52.2 Å². The molecule has 0 saturated heterocycles. The molecule has 3 rings (SSSR count).